The van der Waals surface area contributed by atoms with Gasteiger partial charge in [-0.25, -0.2) is 18.3 Å². The Hall–Kier alpha value is -4.10. The van der Waals surface area contributed by atoms with Crippen LogP contribution in [0.15, 0.2) is 36.7 Å². The molecule has 3 aromatic heterocycles. The number of rotatable bonds is 4. The molecular formula is C28H24F4N6O3. The molecule has 7 rings (SSSR count). The molecule has 2 atom stereocenters. The number of nitrogens with two attached hydrogens (primary N) is 1. The summed E-state index contributed by atoms with van der Waals surface area (Å²) in [6.45, 7) is -4.59. The first kappa shape index (κ1) is 22.6. The zero-order valence-electron chi connectivity index (χ0n) is 24.4. The van der Waals surface area contributed by atoms with Crippen LogP contribution in [-0.2, 0) is 5.54 Å². The van der Waals surface area contributed by atoms with Gasteiger partial charge in [0.25, 0.3) is 5.91 Å². The smallest absolute Gasteiger partial charge is 0.387 e. The van der Waals surface area contributed by atoms with Crippen molar-refractivity contribution in [3.63, 3.8) is 0 Å². The summed E-state index contributed by atoms with van der Waals surface area (Å²) in [7, 11) is 0. The minimum absolute atomic E-state index is 0.0312. The molecule has 9 nitrogen and oxygen atoms in total. The van der Waals surface area contributed by atoms with Gasteiger partial charge in [0.2, 0.25) is 0 Å². The lowest BCUT2D eigenvalue weighted by Gasteiger charge is -2.48. The van der Waals surface area contributed by atoms with E-state index in [1.165, 1.54) is 24.4 Å². The van der Waals surface area contributed by atoms with Gasteiger partial charge < -0.3 is 20.5 Å². The van der Waals surface area contributed by atoms with Gasteiger partial charge in [0, 0.05) is 45.5 Å². The monoisotopic (exact) mass is 571 g/mol. The summed E-state index contributed by atoms with van der Waals surface area (Å²) in [5.41, 5.74) is 3.95. The van der Waals surface area contributed by atoms with E-state index in [1.54, 1.807) is 6.92 Å². The molecule has 212 valence electrons. The highest BCUT2D eigenvalue weighted by molar-refractivity contribution is 5.98. The molecule has 2 bridgehead atoms. The number of aliphatic hydroxyl groups is 1. The molecule has 41 heavy (non-hydrogen) atoms. The maximum Gasteiger partial charge on any atom is 0.387 e. The fourth-order valence-electron chi connectivity index (χ4n) is 6.68. The van der Waals surface area contributed by atoms with Crippen LogP contribution in [0.3, 0.4) is 0 Å². The lowest BCUT2D eigenvalue weighted by molar-refractivity contribution is -0.0764. The Morgan fingerprint density at radius 2 is 2.02 bits per heavy atom. The van der Waals surface area contributed by atoms with Crippen LogP contribution < -0.4 is 10.5 Å². The van der Waals surface area contributed by atoms with Crippen molar-refractivity contribution in [2.75, 3.05) is 6.98 Å². The first-order chi connectivity index (χ1) is 20.6. The van der Waals surface area contributed by atoms with Crippen molar-refractivity contribution < 1.29 is 36.3 Å². The van der Waals surface area contributed by atoms with Crippen molar-refractivity contribution in [2.24, 2.45) is 5.73 Å². The predicted octanol–water partition coefficient (Wildman–Crippen LogP) is 4.03. The van der Waals surface area contributed by atoms with E-state index in [-0.39, 0.29) is 64.4 Å². The molecule has 4 heterocycles. The van der Waals surface area contributed by atoms with Crippen LogP contribution in [0.2, 0.25) is 0 Å². The first-order valence-electron chi connectivity index (χ1n) is 14.3. The number of aromatic nitrogens is 4. The number of carbonyl (C=O) groups excluding carboxylic acids is 1. The number of fused-ring (bicyclic) bond motifs is 9. The molecule has 3 aliphatic rings. The molecule has 4 aromatic rings. The van der Waals surface area contributed by atoms with E-state index in [9.17, 15) is 18.7 Å². The molecule has 13 heteroatoms. The zero-order chi connectivity index (χ0) is 31.5. The number of benzene rings is 1. The van der Waals surface area contributed by atoms with Crippen LogP contribution in [0.5, 0.6) is 5.75 Å². The van der Waals surface area contributed by atoms with Crippen LogP contribution in [0.25, 0.3) is 16.9 Å². The van der Waals surface area contributed by atoms with Crippen molar-refractivity contribution in [1.29, 1.82) is 0 Å². The fourth-order valence-corrected chi connectivity index (χ4v) is 6.68. The van der Waals surface area contributed by atoms with E-state index in [0.717, 1.165) is 16.8 Å². The number of hydrogen-bond acceptors (Lipinski definition) is 7. The van der Waals surface area contributed by atoms with E-state index >= 15 is 8.78 Å². The zero-order valence-corrected chi connectivity index (χ0v) is 21.4. The van der Waals surface area contributed by atoms with Crippen LogP contribution >= 0.6 is 0 Å². The predicted molar refractivity (Wildman–Crippen MR) is 136 cm³/mol. The molecule has 0 spiro atoms. The average Bonchev–Trinajstić information content (AvgIpc) is 3.38. The summed E-state index contributed by atoms with van der Waals surface area (Å²) in [6, 6.07) is 3.82. The van der Waals surface area contributed by atoms with Crippen LogP contribution in [-0.4, -0.2) is 54.7 Å². The average molecular weight is 572 g/mol. The second kappa shape index (κ2) is 8.46. The highest BCUT2D eigenvalue weighted by Gasteiger charge is 2.52. The van der Waals surface area contributed by atoms with Gasteiger partial charge in [-0.15, -0.1) is 0 Å². The van der Waals surface area contributed by atoms with E-state index in [2.05, 4.69) is 15.1 Å². The quantitative estimate of drug-likeness (QED) is 0.355. The van der Waals surface area contributed by atoms with Gasteiger partial charge in [0.1, 0.15) is 17.3 Å². The Balaban J connectivity index is 1.40. The number of alkyl halides is 2. The second-order valence-electron chi connectivity index (χ2n) is 11.1. The lowest BCUT2D eigenvalue weighted by atomic mass is 9.64. The van der Waals surface area contributed by atoms with Crippen molar-refractivity contribution >= 4 is 11.6 Å². The first-order valence-corrected chi connectivity index (χ1v) is 12.8. The Bertz CT molecular complexity index is 1870. The van der Waals surface area contributed by atoms with Gasteiger partial charge >= 0.3 is 6.61 Å². The van der Waals surface area contributed by atoms with Crippen molar-refractivity contribution in [1.82, 2.24) is 24.5 Å². The number of ether oxygens (including phenoxy) is 1. The molecule has 1 fully saturated rings. The molecule has 0 saturated heterocycles. The highest BCUT2D eigenvalue weighted by Crippen LogP contribution is 2.53. The summed E-state index contributed by atoms with van der Waals surface area (Å²) in [4.78, 5) is 22.8. The summed E-state index contributed by atoms with van der Waals surface area (Å²) < 4.78 is 87.8. The van der Waals surface area contributed by atoms with Crippen molar-refractivity contribution in [3.8, 4) is 17.0 Å². The third kappa shape index (κ3) is 3.75. The minimum atomic E-state index is -3.23. The Labute approximate surface area is 234 Å². The summed E-state index contributed by atoms with van der Waals surface area (Å²) >= 11 is 0. The Morgan fingerprint density at radius 1 is 1.24 bits per heavy atom. The van der Waals surface area contributed by atoms with Gasteiger partial charge in [-0.3, -0.25) is 9.78 Å². The third-order valence-corrected chi connectivity index (χ3v) is 8.12. The van der Waals surface area contributed by atoms with Crippen LogP contribution in [0.4, 0.5) is 17.6 Å². The topological polar surface area (TPSA) is 119 Å². The van der Waals surface area contributed by atoms with Crippen LogP contribution in [0, 0.1) is 11.6 Å². The highest BCUT2D eigenvalue weighted by atomic mass is 19.3. The van der Waals surface area contributed by atoms with E-state index in [1.807, 2.05) is 0 Å². The molecular weight excluding hydrogens is 544 g/mol. The largest absolute Gasteiger partial charge is 0.434 e. The maximum absolute atomic E-state index is 15.5. The molecule has 1 saturated carbocycles. The van der Waals surface area contributed by atoms with Gasteiger partial charge in [0.15, 0.2) is 11.5 Å². The number of halogens is 4. The Morgan fingerprint density at radius 3 is 2.71 bits per heavy atom. The molecule has 1 aromatic carbocycles. The van der Waals surface area contributed by atoms with Gasteiger partial charge in [-0.05, 0) is 44.4 Å². The Kier molecular flexibility index (Phi) is 4.66. The van der Waals surface area contributed by atoms with Crippen molar-refractivity contribution in [2.45, 2.75) is 55.9 Å². The van der Waals surface area contributed by atoms with Crippen LogP contribution in [0.1, 0.15) is 75.1 Å². The summed E-state index contributed by atoms with van der Waals surface area (Å²) in [6.07, 6.45) is 2.32. The molecule has 1 aliphatic heterocycles. The number of carbonyl (C=O) groups is 1. The number of pyridine rings is 1. The minimum Gasteiger partial charge on any atom is -0.434 e. The molecule has 1 amide bonds. The van der Waals surface area contributed by atoms with E-state index < -0.39 is 54.2 Å². The normalized spacial score (nSPS) is 28.0. The SMILES string of the molecule is [2H]C([2H])([2H])N1C(=O)c2cccc(OC(F)F)c2[C@H]2C[C@@H]1c1nn3cc(F)c(-c4cnc(C5(N)CC(C)(O)C5)c(F)c4)nc3c12. The molecule has 3 N–H and O–H groups in total. The van der Waals surface area contributed by atoms with Crippen molar-refractivity contribution in [3.05, 3.63) is 76.4 Å². The molecule has 2 aliphatic carbocycles. The standard InChI is InChI=1S/C28H24F4N6O3/c1-27(40)10-28(33,11-27)23-15(29)6-12(8-34-23)21-16(30)9-38-24(35-21)20-14-7-17(22(20)36-38)37(2)25(39)13-4-3-5-18(19(13)14)41-26(31)32/h3-6,8-9,14,17,26,40H,7,10-11,33H2,1-2H3/t14-,17-,27?,28?/m1/s1/i2D3. The third-order valence-electron chi connectivity index (χ3n) is 8.12. The van der Waals surface area contributed by atoms with Gasteiger partial charge in [0.05, 0.1) is 34.8 Å². The maximum atomic E-state index is 15.5. The lowest BCUT2D eigenvalue weighted by Crippen LogP contribution is -2.59. The number of hydrogen-bond donors (Lipinski definition) is 2. The van der Waals surface area contributed by atoms with E-state index in [4.69, 9.17) is 14.6 Å². The fraction of sp³-hybridized carbons (Fsp3) is 0.357. The van der Waals surface area contributed by atoms with E-state index in [0.29, 0.717) is 10.5 Å². The summed E-state index contributed by atoms with van der Waals surface area (Å²) in [5.74, 6) is -3.83. The second-order valence-corrected chi connectivity index (χ2v) is 11.1. The number of nitrogens with zero attached hydrogens (tertiary/aromatic N) is 5. The molecule has 0 radical (unpaired) electrons. The number of amides is 1. The molecule has 0 unspecified atom stereocenters. The van der Waals surface area contributed by atoms with Gasteiger partial charge in [-0.1, -0.05) is 6.07 Å². The van der Waals surface area contributed by atoms with Gasteiger partial charge in [-0.2, -0.15) is 13.9 Å². The summed E-state index contributed by atoms with van der Waals surface area (Å²) in [5, 5.41) is 14.5.